The maximum atomic E-state index is 4.56. The van der Waals surface area contributed by atoms with Crippen LogP contribution in [0.4, 0.5) is 11.1 Å². The van der Waals surface area contributed by atoms with Gasteiger partial charge in [0.05, 0.1) is 15.9 Å². The van der Waals surface area contributed by atoms with E-state index in [0.29, 0.717) is 5.95 Å². The lowest BCUT2D eigenvalue weighted by molar-refractivity contribution is 1.10. The van der Waals surface area contributed by atoms with E-state index in [-0.39, 0.29) is 0 Å². The first kappa shape index (κ1) is 9.60. The highest BCUT2D eigenvalue weighted by atomic mass is 32.1. The molecule has 0 unspecified atom stereocenters. The van der Waals surface area contributed by atoms with Crippen LogP contribution in [-0.4, -0.2) is 25.1 Å². The first-order valence-electron chi connectivity index (χ1n) is 5.39. The van der Waals surface area contributed by atoms with Gasteiger partial charge in [-0.15, -0.1) is 0 Å². The average molecular weight is 256 g/mol. The Labute approximate surface area is 105 Å². The highest BCUT2D eigenvalue weighted by Crippen LogP contribution is 2.37. The zero-order chi connectivity index (χ0) is 11.9. The van der Waals surface area contributed by atoms with Crippen molar-refractivity contribution in [1.82, 2.24) is 25.1 Å². The van der Waals surface area contributed by atoms with E-state index in [1.165, 1.54) is 0 Å². The number of aromatic amines is 2. The lowest BCUT2D eigenvalue weighted by Crippen LogP contribution is -1.94. The number of nitrogens with one attached hydrogen (secondary N) is 3. The second-order valence-corrected chi connectivity index (χ2v) is 4.85. The van der Waals surface area contributed by atoms with Crippen molar-refractivity contribution in [2.75, 3.05) is 5.32 Å². The molecule has 0 amide bonds. The minimum atomic E-state index is 0.561. The molecular formula is C11H8N6S. The van der Waals surface area contributed by atoms with Crippen molar-refractivity contribution >= 4 is 32.6 Å². The highest BCUT2D eigenvalue weighted by molar-refractivity contribution is 7.22. The number of thiazole rings is 1. The molecule has 0 radical (unpaired) electrons. The van der Waals surface area contributed by atoms with Gasteiger partial charge in [-0.2, -0.15) is 0 Å². The maximum Gasteiger partial charge on any atom is 0.228 e. The Kier molecular flexibility index (Phi) is 1.89. The minimum Gasteiger partial charge on any atom is -0.307 e. The summed E-state index contributed by atoms with van der Waals surface area (Å²) in [6.45, 7) is 0. The molecule has 0 saturated carbocycles. The van der Waals surface area contributed by atoms with Crippen molar-refractivity contribution in [2.45, 2.75) is 0 Å². The van der Waals surface area contributed by atoms with Gasteiger partial charge in [0.15, 0.2) is 5.13 Å². The van der Waals surface area contributed by atoms with Gasteiger partial charge >= 0.3 is 0 Å². The number of hydrogen-bond donors (Lipinski definition) is 3. The second kappa shape index (κ2) is 3.54. The Morgan fingerprint density at radius 2 is 2.11 bits per heavy atom. The van der Waals surface area contributed by atoms with Crippen LogP contribution in [0.5, 0.6) is 0 Å². The van der Waals surface area contributed by atoms with Crippen LogP contribution in [0, 0.1) is 0 Å². The van der Waals surface area contributed by atoms with Gasteiger partial charge < -0.3 is 15.5 Å². The Hall–Kier alpha value is -2.41. The van der Waals surface area contributed by atoms with E-state index in [9.17, 15) is 0 Å². The first-order chi connectivity index (χ1) is 8.90. The molecule has 0 bridgehead atoms. The molecule has 0 fully saturated rings. The molecule has 18 heavy (non-hydrogen) atoms. The zero-order valence-corrected chi connectivity index (χ0v) is 9.95. The summed E-state index contributed by atoms with van der Waals surface area (Å²) >= 11 is 1.59. The Morgan fingerprint density at radius 3 is 3.00 bits per heavy atom. The van der Waals surface area contributed by atoms with E-state index in [4.69, 9.17) is 0 Å². The van der Waals surface area contributed by atoms with Gasteiger partial charge in [-0.25, -0.2) is 15.0 Å². The molecule has 0 atom stereocenters. The second-order valence-electron chi connectivity index (χ2n) is 3.81. The largest absolute Gasteiger partial charge is 0.307 e. The summed E-state index contributed by atoms with van der Waals surface area (Å²) in [5.41, 5.74) is 3.17. The van der Waals surface area contributed by atoms with Gasteiger partial charge in [0.25, 0.3) is 0 Å². The molecule has 0 aromatic carbocycles. The smallest absolute Gasteiger partial charge is 0.228 e. The van der Waals surface area contributed by atoms with Crippen molar-refractivity contribution < 1.29 is 0 Å². The van der Waals surface area contributed by atoms with Gasteiger partial charge in [-0.3, -0.25) is 0 Å². The first-order valence-corrected chi connectivity index (χ1v) is 6.21. The molecule has 4 rings (SSSR count). The van der Waals surface area contributed by atoms with E-state index >= 15 is 0 Å². The highest BCUT2D eigenvalue weighted by Gasteiger charge is 2.16. The van der Waals surface area contributed by atoms with Crippen LogP contribution >= 0.6 is 11.3 Å². The normalized spacial score (nSPS) is 11.3. The van der Waals surface area contributed by atoms with Crippen LogP contribution in [0.15, 0.2) is 30.7 Å². The van der Waals surface area contributed by atoms with Crippen LogP contribution in [-0.2, 0) is 0 Å². The fourth-order valence-electron chi connectivity index (χ4n) is 1.91. The van der Waals surface area contributed by atoms with Crippen molar-refractivity contribution in [1.29, 1.82) is 0 Å². The number of rotatable bonds is 2. The van der Waals surface area contributed by atoms with E-state index in [1.807, 2.05) is 6.20 Å². The third-order valence-electron chi connectivity index (χ3n) is 2.68. The topological polar surface area (TPSA) is 82.3 Å². The summed E-state index contributed by atoms with van der Waals surface area (Å²) in [5, 5.41) is 9.93. The SMILES string of the molecule is c1cnc(Nc2nc3c4c[nH][nH]c-4cc3s2)nc1. The standard InChI is InChI=1S/C11H8N6S/c1-2-12-10(13-3-1)16-11-15-9-6-5-14-17-7(6)4-8(9)18-11/h1-5,14,17H,(H,12,13,15,16). The summed E-state index contributed by atoms with van der Waals surface area (Å²) in [5.74, 6) is 0.561. The van der Waals surface area contributed by atoms with Gasteiger partial charge in [-0.05, 0) is 12.1 Å². The number of fused-ring (bicyclic) bond motifs is 3. The molecule has 0 saturated heterocycles. The molecule has 6 nitrogen and oxygen atoms in total. The summed E-state index contributed by atoms with van der Waals surface area (Å²) in [6.07, 6.45) is 5.31. The van der Waals surface area contributed by atoms with Crippen molar-refractivity contribution in [3.05, 3.63) is 30.7 Å². The van der Waals surface area contributed by atoms with Gasteiger partial charge in [0, 0.05) is 24.2 Å². The quantitative estimate of drug-likeness (QED) is 0.515. The molecule has 88 valence electrons. The molecular weight excluding hydrogens is 248 g/mol. The Bertz CT molecular complexity index is 767. The fraction of sp³-hybridized carbons (Fsp3) is 0. The van der Waals surface area contributed by atoms with Crippen LogP contribution in [0.1, 0.15) is 0 Å². The fourth-order valence-corrected chi connectivity index (χ4v) is 2.82. The summed E-state index contributed by atoms with van der Waals surface area (Å²) in [6, 6.07) is 3.86. The van der Waals surface area contributed by atoms with Crippen LogP contribution < -0.4 is 5.32 Å². The van der Waals surface area contributed by atoms with Crippen molar-refractivity contribution in [3.63, 3.8) is 0 Å². The molecule has 1 aliphatic heterocycles. The molecule has 3 N–H and O–H groups in total. The number of anilines is 2. The van der Waals surface area contributed by atoms with E-state index < -0.39 is 0 Å². The summed E-state index contributed by atoms with van der Waals surface area (Å²) in [4.78, 5) is 12.8. The number of nitrogens with zero attached hydrogens (tertiary/aromatic N) is 3. The number of hydrogen-bond acceptors (Lipinski definition) is 5. The molecule has 1 aliphatic carbocycles. The number of aromatic nitrogens is 5. The Balaban J connectivity index is 1.78. The van der Waals surface area contributed by atoms with E-state index in [1.54, 1.807) is 29.8 Å². The van der Waals surface area contributed by atoms with Crippen LogP contribution in [0.3, 0.4) is 0 Å². The lowest BCUT2D eigenvalue weighted by Gasteiger charge is -1.97. The summed E-state index contributed by atoms with van der Waals surface area (Å²) in [7, 11) is 0. The van der Waals surface area contributed by atoms with Gasteiger partial charge in [-0.1, -0.05) is 11.3 Å². The molecule has 2 aromatic rings. The minimum absolute atomic E-state index is 0.561. The predicted molar refractivity (Wildman–Crippen MR) is 70.3 cm³/mol. The third-order valence-corrected chi connectivity index (χ3v) is 3.60. The van der Waals surface area contributed by atoms with Crippen LogP contribution in [0.2, 0.25) is 0 Å². The van der Waals surface area contributed by atoms with Crippen molar-refractivity contribution in [3.8, 4) is 11.3 Å². The molecule has 7 heteroatoms. The van der Waals surface area contributed by atoms with E-state index in [2.05, 4.69) is 36.5 Å². The predicted octanol–water partition coefficient (Wildman–Crippen LogP) is 2.59. The van der Waals surface area contributed by atoms with E-state index in [0.717, 1.165) is 26.6 Å². The van der Waals surface area contributed by atoms with Crippen LogP contribution in [0.25, 0.3) is 21.5 Å². The Morgan fingerprint density at radius 1 is 1.22 bits per heavy atom. The lowest BCUT2D eigenvalue weighted by atomic mass is 10.3. The molecule has 0 spiro atoms. The number of H-pyrrole nitrogens is 2. The molecule has 2 aromatic heterocycles. The average Bonchev–Trinajstić information content (AvgIpc) is 3.02. The molecule has 2 aliphatic rings. The van der Waals surface area contributed by atoms with Crippen molar-refractivity contribution in [2.24, 2.45) is 0 Å². The van der Waals surface area contributed by atoms with Gasteiger partial charge in [0.1, 0.15) is 0 Å². The maximum absolute atomic E-state index is 4.56. The molecule has 3 heterocycles. The summed E-state index contributed by atoms with van der Waals surface area (Å²) < 4.78 is 1.14. The third kappa shape index (κ3) is 1.37. The zero-order valence-electron chi connectivity index (χ0n) is 9.14. The van der Waals surface area contributed by atoms with Gasteiger partial charge in [0.2, 0.25) is 5.95 Å². The monoisotopic (exact) mass is 256 g/mol.